The molecule has 0 aromatic heterocycles. The van der Waals surface area contributed by atoms with Crippen molar-refractivity contribution in [3.05, 3.63) is 30.1 Å². The fourth-order valence-electron chi connectivity index (χ4n) is 3.95. The summed E-state index contributed by atoms with van der Waals surface area (Å²) in [5.74, 6) is -0.264. The number of amides is 3. The minimum absolute atomic E-state index is 0.0600. The Hall–Kier alpha value is -2.11. The fourth-order valence-corrected chi connectivity index (χ4v) is 3.95. The Morgan fingerprint density at radius 3 is 2.19 bits per heavy atom. The first-order valence-electron chi connectivity index (χ1n) is 9.40. The lowest BCUT2D eigenvalue weighted by Crippen LogP contribution is -2.60. The van der Waals surface area contributed by atoms with Crippen LogP contribution in [-0.4, -0.2) is 35.0 Å². The summed E-state index contributed by atoms with van der Waals surface area (Å²) in [6.45, 7) is 5.73. The SMILES string of the molecule is CC(C)(C)C(=O)NC1CC2CCCC(C1)N2C(=O)Nc1ccc(F)cc1. The standard InChI is InChI=1S/C20H28FN3O2/c1-20(2,3)18(25)22-15-11-16-5-4-6-17(12-15)24(16)19(26)23-14-9-7-13(21)8-10-14/h7-10,15-17H,4-6,11-12H2,1-3H3,(H,22,25)(H,23,26). The number of nitrogens with one attached hydrogen (secondary N) is 2. The van der Waals surface area contributed by atoms with Gasteiger partial charge in [-0.05, 0) is 56.4 Å². The average molecular weight is 361 g/mol. The molecule has 2 aliphatic rings. The van der Waals surface area contributed by atoms with Gasteiger partial charge in [-0.25, -0.2) is 9.18 Å². The predicted octanol–water partition coefficient (Wildman–Crippen LogP) is 3.91. The van der Waals surface area contributed by atoms with E-state index in [1.807, 2.05) is 25.7 Å². The Labute approximate surface area is 154 Å². The molecule has 26 heavy (non-hydrogen) atoms. The number of anilines is 1. The molecule has 2 N–H and O–H groups in total. The molecule has 0 saturated carbocycles. The summed E-state index contributed by atoms with van der Waals surface area (Å²) < 4.78 is 13.0. The first kappa shape index (κ1) is 18.7. The van der Waals surface area contributed by atoms with Crippen LogP contribution in [0.15, 0.2) is 24.3 Å². The molecule has 2 unspecified atom stereocenters. The second-order valence-electron chi connectivity index (χ2n) is 8.47. The number of rotatable bonds is 2. The van der Waals surface area contributed by atoms with Gasteiger partial charge in [-0.15, -0.1) is 0 Å². The second-order valence-corrected chi connectivity index (χ2v) is 8.47. The highest BCUT2D eigenvalue weighted by atomic mass is 19.1. The fraction of sp³-hybridized carbons (Fsp3) is 0.600. The molecular weight excluding hydrogens is 333 g/mol. The molecule has 0 aliphatic carbocycles. The van der Waals surface area contributed by atoms with Crippen LogP contribution in [0.3, 0.4) is 0 Å². The molecule has 2 aliphatic heterocycles. The van der Waals surface area contributed by atoms with Gasteiger partial charge < -0.3 is 15.5 Å². The molecule has 1 aromatic rings. The molecule has 2 fully saturated rings. The molecule has 3 rings (SSSR count). The molecule has 0 spiro atoms. The number of hydrogen-bond donors (Lipinski definition) is 2. The Morgan fingerprint density at radius 1 is 1.08 bits per heavy atom. The van der Waals surface area contributed by atoms with E-state index in [2.05, 4.69) is 10.6 Å². The van der Waals surface area contributed by atoms with E-state index in [-0.39, 0.29) is 35.9 Å². The van der Waals surface area contributed by atoms with Crippen molar-refractivity contribution in [1.82, 2.24) is 10.2 Å². The lowest BCUT2D eigenvalue weighted by Gasteiger charge is -2.49. The number of carbonyl (C=O) groups is 2. The van der Waals surface area contributed by atoms with Gasteiger partial charge in [0.15, 0.2) is 0 Å². The van der Waals surface area contributed by atoms with Gasteiger partial charge >= 0.3 is 6.03 Å². The van der Waals surface area contributed by atoms with Crippen LogP contribution in [0.2, 0.25) is 0 Å². The Morgan fingerprint density at radius 2 is 1.65 bits per heavy atom. The van der Waals surface area contributed by atoms with Crippen molar-refractivity contribution < 1.29 is 14.0 Å². The maximum atomic E-state index is 13.0. The highest BCUT2D eigenvalue weighted by Gasteiger charge is 2.41. The minimum Gasteiger partial charge on any atom is -0.353 e. The minimum atomic E-state index is -0.411. The number of benzene rings is 1. The third-order valence-corrected chi connectivity index (χ3v) is 5.32. The first-order chi connectivity index (χ1) is 12.2. The highest BCUT2D eigenvalue weighted by molar-refractivity contribution is 5.90. The lowest BCUT2D eigenvalue weighted by atomic mass is 9.81. The Bertz CT molecular complexity index is 655. The third-order valence-electron chi connectivity index (χ3n) is 5.32. The molecule has 6 heteroatoms. The van der Waals surface area contributed by atoms with E-state index in [0.717, 1.165) is 32.1 Å². The first-order valence-corrected chi connectivity index (χ1v) is 9.40. The van der Waals surface area contributed by atoms with E-state index in [0.29, 0.717) is 5.69 Å². The van der Waals surface area contributed by atoms with E-state index in [4.69, 9.17) is 0 Å². The highest BCUT2D eigenvalue weighted by Crippen LogP contribution is 2.35. The summed E-state index contributed by atoms with van der Waals surface area (Å²) in [7, 11) is 0. The average Bonchev–Trinajstić information content (AvgIpc) is 2.55. The van der Waals surface area contributed by atoms with Crippen molar-refractivity contribution in [2.45, 2.75) is 71.0 Å². The molecule has 5 nitrogen and oxygen atoms in total. The Kier molecular flexibility index (Phi) is 5.21. The number of fused-ring (bicyclic) bond motifs is 2. The number of nitrogens with zero attached hydrogens (tertiary/aromatic N) is 1. The lowest BCUT2D eigenvalue weighted by molar-refractivity contribution is -0.129. The summed E-state index contributed by atoms with van der Waals surface area (Å²) in [5, 5.41) is 6.04. The molecule has 1 aromatic carbocycles. The second kappa shape index (κ2) is 7.25. The van der Waals surface area contributed by atoms with Crippen LogP contribution in [0.25, 0.3) is 0 Å². The van der Waals surface area contributed by atoms with Crippen LogP contribution in [0.4, 0.5) is 14.9 Å². The largest absolute Gasteiger partial charge is 0.353 e. The molecule has 142 valence electrons. The van der Waals surface area contributed by atoms with E-state index in [1.54, 1.807) is 12.1 Å². The molecule has 3 amide bonds. The zero-order valence-corrected chi connectivity index (χ0v) is 15.7. The van der Waals surface area contributed by atoms with Crippen LogP contribution in [0.5, 0.6) is 0 Å². The van der Waals surface area contributed by atoms with Crippen molar-refractivity contribution in [2.75, 3.05) is 5.32 Å². The summed E-state index contributed by atoms with van der Waals surface area (Å²) in [5.41, 5.74) is 0.185. The summed E-state index contributed by atoms with van der Waals surface area (Å²) in [4.78, 5) is 27.0. The van der Waals surface area contributed by atoms with Crippen molar-refractivity contribution in [3.63, 3.8) is 0 Å². The molecule has 2 heterocycles. The van der Waals surface area contributed by atoms with Crippen LogP contribution < -0.4 is 10.6 Å². The van der Waals surface area contributed by atoms with Gasteiger partial charge in [-0.2, -0.15) is 0 Å². The van der Waals surface area contributed by atoms with Gasteiger partial charge in [-0.1, -0.05) is 20.8 Å². The maximum absolute atomic E-state index is 13.0. The number of halogens is 1. The van der Waals surface area contributed by atoms with Gasteiger partial charge in [0.05, 0.1) is 0 Å². The van der Waals surface area contributed by atoms with Crippen molar-refractivity contribution >= 4 is 17.6 Å². The van der Waals surface area contributed by atoms with Crippen LogP contribution in [-0.2, 0) is 4.79 Å². The summed E-state index contributed by atoms with van der Waals surface area (Å²) in [6.07, 6.45) is 4.59. The van der Waals surface area contributed by atoms with Crippen molar-refractivity contribution in [3.8, 4) is 0 Å². The zero-order valence-electron chi connectivity index (χ0n) is 15.7. The zero-order chi connectivity index (χ0) is 18.9. The van der Waals surface area contributed by atoms with Crippen molar-refractivity contribution in [2.24, 2.45) is 5.41 Å². The summed E-state index contributed by atoms with van der Waals surface area (Å²) >= 11 is 0. The summed E-state index contributed by atoms with van der Waals surface area (Å²) in [6, 6.07) is 6.06. The van der Waals surface area contributed by atoms with E-state index >= 15 is 0 Å². The van der Waals surface area contributed by atoms with Crippen molar-refractivity contribution in [1.29, 1.82) is 0 Å². The van der Waals surface area contributed by atoms with Crippen LogP contribution in [0.1, 0.15) is 52.9 Å². The number of hydrogen-bond acceptors (Lipinski definition) is 2. The third kappa shape index (κ3) is 4.17. The number of urea groups is 1. The van der Waals surface area contributed by atoms with Gasteiger partial charge in [0.1, 0.15) is 5.82 Å². The van der Waals surface area contributed by atoms with Gasteiger partial charge in [0.2, 0.25) is 5.91 Å². The molecule has 2 bridgehead atoms. The van der Waals surface area contributed by atoms with E-state index < -0.39 is 5.41 Å². The molecular formula is C20H28FN3O2. The number of carbonyl (C=O) groups excluding carboxylic acids is 2. The molecule has 2 atom stereocenters. The Balaban J connectivity index is 1.65. The molecule has 0 radical (unpaired) electrons. The normalized spacial score (nSPS) is 25.5. The monoisotopic (exact) mass is 361 g/mol. The van der Waals surface area contributed by atoms with E-state index in [1.165, 1.54) is 12.1 Å². The van der Waals surface area contributed by atoms with Gasteiger partial charge in [-0.3, -0.25) is 4.79 Å². The van der Waals surface area contributed by atoms with Crippen LogP contribution in [0, 0.1) is 11.2 Å². The van der Waals surface area contributed by atoms with Gasteiger partial charge in [0.25, 0.3) is 0 Å². The predicted molar refractivity (Wildman–Crippen MR) is 99.3 cm³/mol. The van der Waals surface area contributed by atoms with E-state index in [9.17, 15) is 14.0 Å². The van der Waals surface area contributed by atoms with Gasteiger partial charge in [0, 0.05) is 29.2 Å². The topological polar surface area (TPSA) is 61.4 Å². The smallest absolute Gasteiger partial charge is 0.322 e. The number of piperidine rings is 2. The molecule has 2 saturated heterocycles. The maximum Gasteiger partial charge on any atom is 0.322 e. The quantitative estimate of drug-likeness (QED) is 0.839. The van der Waals surface area contributed by atoms with Crippen LogP contribution >= 0.6 is 0 Å².